The molecule has 0 saturated heterocycles. The number of para-hydroxylation sites is 1. The largest absolute Gasteiger partial charge is 0.515 e. The minimum atomic E-state index is -0.484. The molecule has 1 atom stereocenters. The van der Waals surface area contributed by atoms with Crippen LogP contribution in [0.15, 0.2) is 78.7 Å². The van der Waals surface area contributed by atoms with Crippen LogP contribution in [-0.2, 0) is 26.2 Å². The lowest BCUT2D eigenvalue weighted by Gasteiger charge is -2.27. The number of benzene rings is 1. The number of hydrogen-bond donors (Lipinski definition) is 2. The Morgan fingerprint density at radius 3 is 2.59 bits per heavy atom. The number of hydrogen-bond acceptors (Lipinski definition) is 7. The SMILES string of the molecule is CCc1c2[nH]c(c1C)/C(=C/O)C1=Nc3c(cccc3C1(C)CC)C1=NC(=C3C(=O)CC4=C(C)C(=C2)N=C43)C(CCC(=O)OC)=C1C. The van der Waals surface area contributed by atoms with E-state index in [0.717, 1.165) is 91.6 Å². The van der Waals surface area contributed by atoms with Crippen LogP contribution in [0.4, 0.5) is 5.69 Å². The molecular formula is C38H38N4O4. The number of carbonyl (C=O) groups is 2. The summed E-state index contributed by atoms with van der Waals surface area (Å²) in [5.41, 5.74) is 14.5. The normalized spacial score (nSPS) is 22.2. The van der Waals surface area contributed by atoms with Gasteiger partial charge in [0.1, 0.15) is 0 Å². The molecule has 1 aliphatic carbocycles. The van der Waals surface area contributed by atoms with Crippen molar-refractivity contribution in [1.29, 1.82) is 0 Å². The van der Waals surface area contributed by atoms with Crippen molar-refractivity contribution >= 4 is 46.2 Å². The first-order valence-electron chi connectivity index (χ1n) is 16.0. The molecule has 1 unspecified atom stereocenters. The number of nitrogens with one attached hydrogen (secondary N) is 1. The van der Waals surface area contributed by atoms with Crippen LogP contribution in [0.25, 0.3) is 11.6 Å². The quantitative estimate of drug-likeness (QED) is 0.266. The summed E-state index contributed by atoms with van der Waals surface area (Å²) in [6.45, 7) is 12.6. The number of methoxy groups -OCH3 is 1. The van der Waals surface area contributed by atoms with Crippen molar-refractivity contribution in [1.82, 2.24) is 4.98 Å². The fraction of sp³-hybridized carbons (Fsp3) is 0.342. The number of allylic oxidation sites excluding steroid dienone is 6. The molecule has 4 aliphatic heterocycles. The molecule has 8 nitrogen and oxygen atoms in total. The maximum absolute atomic E-state index is 13.8. The number of ether oxygens (including phenoxy) is 1. The van der Waals surface area contributed by atoms with Gasteiger partial charge in [0.2, 0.25) is 0 Å². The van der Waals surface area contributed by atoms with Gasteiger partial charge < -0.3 is 14.8 Å². The van der Waals surface area contributed by atoms with Crippen molar-refractivity contribution in [3.63, 3.8) is 0 Å². The second-order valence-electron chi connectivity index (χ2n) is 12.8. The number of aromatic amines is 1. The number of Topliss-reactive ketones (excluding diaryl/α,β-unsaturated/α-hetero) is 1. The molecule has 8 heteroatoms. The van der Waals surface area contributed by atoms with E-state index < -0.39 is 5.41 Å². The fourth-order valence-electron chi connectivity index (χ4n) is 7.74. The molecular weight excluding hydrogens is 576 g/mol. The predicted molar refractivity (Wildman–Crippen MR) is 182 cm³/mol. The number of carbonyl (C=O) groups excluding carboxylic acids is 2. The molecule has 8 bridgehead atoms. The molecule has 5 aliphatic rings. The average molecular weight is 615 g/mol. The Bertz CT molecular complexity index is 2060. The topological polar surface area (TPSA) is 116 Å². The first kappa shape index (κ1) is 29.8. The van der Waals surface area contributed by atoms with Gasteiger partial charge in [-0.05, 0) is 92.0 Å². The van der Waals surface area contributed by atoms with Crippen LogP contribution in [0.3, 0.4) is 0 Å². The minimum Gasteiger partial charge on any atom is -0.515 e. The lowest BCUT2D eigenvalue weighted by Crippen LogP contribution is -2.30. The molecule has 234 valence electrons. The van der Waals surface area contributed by atoms with Crippen LogP contribution in [0.1, 0.15) is 93.9 Å². The Morgan fingerprint density at radius 1 is 1.11 bits per heavy atom. The van der Waals surface area contributed by atoms with Gasteiger partial charge in [0.05, 0.1) is 64.4 Å². The summed E-state index contributed by atoms with van der Waals surface area (Å²) in [5.74, 6) is -0.336. The van der Waals surface area contributed by atoms with Crippen molar-refractivity contribution in [3.8, 4) is 0 Å². The number of aliphatic imine (C=N–C) groups is 3. The van der Waals surface area contributed by atoms with Crippen LogP contribution in [0.2, 0.25) is 0 Å². The van der Waals surface area contributed by atoms with Crippen LogP contribution in [0, 0.1) is 6.92 Å². The van der Waals surface area contributed by atoms with Gasteiger partial charge in [0.25, 0.3) is 0 Å². The van der Waals surface area contributed by atoms with E-state index in [0.29, 0.717) is 29.0 Å². The third-order valence-electron chi connectivity index (χ3n) is 10.6. The van der Waals surface area contributed by atoms with Crippen molar-refractivity contribution in [2.45, 2.75) is 79.1 Å². The predicted octanol–water partition coefficient (Wildman–Crippen LogP) is 7.66. The molecule has 2 aromatic rings. The van der Waals surface area contributed by atoms with E-state index >= 15 is 0 Å². The van der Waals surface area contributed by atoms with Gasteiger partial charge in [-0.15, -0.1) is 0 Å². The summed E-state index contributed by atoms with van der Waals surface area (Å²) in [6.07, 6.45) is 5.59. The Labute approximate surface area is 268 Å². The summed E-state index contributed by atoms with van der Waals surface area (Å²) >= 11 is 0. The molecule has 1 fully saturated rings. The van der Waals surface area contributed by atoms with Crippen LogP contribution in [-0.4, -0.2) is 46.1 Å². The number of esters is 1. The second kappa shape index (κ2) is 10.6. The summed E-state index contributed by atoms with van der Waals surface area (Å²) in [7, 11) is 1.38. The number of aromatic nitrogens is 1. The Hall–Kier alpha value is -4.85. The van der Waals surface area contributed by atoms with E-state index in [9.17, 15) is 14.7 Å². The lowest BCUT2D eigenvalue weighted by atomic mass is 9.73. The van der Waals surface area contributed by atoms with E-state index in [1.807, 2.05) is 26.0 Å². The summed E-state index contributed by atoms with van der Waals surface area (Å²) in [5, 5.41) is 10.9. The highest BCUT2D eigenvalue weighted by Gasteiger charge is 2.44. The molecule has 0 radical (unpaired) electrons. The highest BCUT2D eigenvalue weighted by Crippen LogP contribution is 2.50. The van der Waals surface area contributed by atoms with Gasteiger partial charge in [-0.1, -0.05) is 32.0 Å². The number of ketones is 1. The molecule has 1 saturated carbocycles. The highest BCUT2D eigenvalue weighted by atomic mass is 16.5. The maximum atomic E-state index is 13.8. The van der Waals surface area contributed by atoms with Crippen molar-refractivity contribution in [3.05, 3.63) is 97.4 Å². The minimum absolute atomic E-state index is 0.0150. The van der Waals surface area contributed by atoms with Crippen molar-refractivity contribution < 1.29 is 19.4 Å². The molecule has 2 N–H and O–H groups in total. The average Bonchev–Trinajstić information content (AvgIpc) is 3.80. The highest BCUT2D eigenvalue weighted by molar-refractivity contribution is 6.38. The van der Waals surface area contributed by atoms with Gasteiger partial charge in [0.15, 0.2) is 5.78 Å². The van der Waals surface area contributed by atoms with Crippen LogP contribution in [0.5, 0.6) is 0 Å². The number of H-pyrrole nitrogens is 1. The number of aliphatic hydroxyl groups excluding tert-OH is 1. The van der Waals surface area contributed by atoms with E-state index in [4.69, 9.17) is 19.7 Å². The van der Waals surface area contributed by atoms with E-state index in [1.54, 1.807) is 0 Å². The monoisotopic (exact) mass is 614 g/mol. The summed E-state index contributed by atoms with van der Waals surface area (Å²) in [6, 6.07) is 6.16. The molecule has 0 spiro atoms. The molecule has 0 amide bonds. The fourth-order valence-corrected chi connectivity index (χ4v) is 7.74. The number of rotatable bonds is 5. The van der Waals surface area contributed by atoms with E-state index in [-0.39, 0.29) is 24.6 Å². The van der Waals surface area contributed by atoms with Crippen molar-refractivity contribution in [2.75, 3.05) is 7.11 Å². The number of fused-ring (bicyclic) bond motifs is 5. The maximum Gasteiger partial charge on any atom is 0.305 e. The van der Waals surface area contributed by atoms with Gasteiger partial charge in [-0.3, -0.25) is 14.6 Å². The molecule has 46 heavy (non-hydrogen) atoms. The number of aliphatic hydroxyl groups is 1. The van der Waals surface area contributed by atoms with E-state index in [1.165, 1.54) is 13.4 Å². The molecule has 5 heterocycles. The zero-order valence-corrected chi connectivity index (χ0v) is 27.4. The summed E-state index contributed by atoms with van der Waals surface area (Å²) in [4.78, 5) is 45.3. The van der Waals surface area contributed by atoms with Gasteiger partial charge in [0, 0.05) is 29.5 Å². The Kier molecular flexibility index (Phi) is 6.88. The second-order valence-corrected chi connectivity index (χ2v) is 12.8. The first-order valence-corrected chi connectivity index (χ1v) is 16.0. The number of nitrogens with zero attached hydrogens (tertiary/aromatic N) is 3. The van der Waals surface area contributed by atoms with Crippen molar-refractivity contribution in [2.24, 2.45) is 15.0 Å². The standard InChI is InChI=1S/C38H38N4O4/c1-8-21-19(4)33-25(17-43)37-38(6,9-2)26-12-10-11-23(34(26)42-37)32-20(5)22(13-14-30(45)46-7)35(41-32)31-29(44)15-24-18(3)27(39-36(24)31)16-28(21)40-33/h10-12,16-17,40,43H,8-9,13-15H2,1-7H3/b25-17-,27-16?,35-31?. The van der Waals surface area contributed by atoms with Crippen LogP contribution < -0.4 is 0 Å². The van der Waals surface area contributed by atoms with E-state index in [2.05, 4.69) is 44.8 Å². The van der Waals surface area contributed by atoms with Crippen LogP contribution >= 0.6 is 0 Å². The molecule has 1 aromatic heterocycles. The zero-order chi connectivity index (χ0) is 32.7. The molecule has 7 rings (SSSR count). The smallest absolute Gasteiger partial charge is 0.305 e. The van der Waals surface area contributed by atoms with Gasteiger partial charge in [-0.25, -0.2) is 9.98 Å². The third kappa shape index (κ3) is 4.01. The Balaban J connectivity index is 1.59. The molecule has 1 aromatic carbocycles. The zero-order valence-electron chi connectivity index (χ0n) is 27.4. The first-order chi connectivity index (χ1) is 22.1. The summed E-state index contributed by atoms with van der Waals surface area (Å²) < 4.78 is 4.98. The lowest BCUT2D eigenvalue weighted by molar-refractivity contribution is -0.140. The Morgan fingerprint density at radius 2 is 1.89 bits per heavy atom. The third-order valence-corrected chi connectivity index (χ3v) is 10.6. The van der Waals surface area contributed by atoms with Gasteiger partial charge in [-0.2, -0.15) is 0 Å². The van der Waals surface area contributed by atoms with Gasteiger partial charge >= 0.3 is 5.97 Å².